The van der Waals surface area contributed by atoms with Crippen molar-refractivity contribution in [3.8, 4) is 0 Å². The number of benzene rings is 2. The third kappa shape index (κ3) is 3.32. The van der Waals surface area contributed by atoms with E-state index in [-0.39, 0.29) is 0 Å². The number of nitrogens with two attached hydrogens (primary N) is 1. The molecule has 0 radical (unpaired) electrons. The van der Waals surface area contributed by atoms with Crippen molar-refractivity contribution < 1.29 is 14.7 Å². The molecule has 2 aromatic carbocycles. The first kappa shape index (κ1) is 16.9. The molecule has 1 heterocycles. The predicted octanol–water partition coefficient (Wildman–Crippen LogP) is 3.06. The van der Waals surface area contributed by atoms with Gasteiger partial charge in [0, 0.05) is 11.3 Å². The highest BCUT2D eigenvalue weighted by atomic mass is 32.1. The number of nitrogens with zero attached hydrogens (tertiary/aromatic N) is 2. The molecule has 0 aliphatic carbocycles. The summed E-state index contributed by atoms with van der Waals surface area (Å²) in [6, 6.07) is 13.2. The molecule has 1 amide bonds. The van der Waals surface area contributed by atoms with Crippen molar-refractivity contribution in [3.63, 3.8) is 0 Å². The van der Waals surface area contributed by atoms with E-state index in [1.165, 1.54) is 11.3 Å². The topological polar surface area (TPSA) is 97.7 Å². The Hall–Kier alpha value is -2.93. The number of carbonyl (C=O) groups excluding carboxylic acids is 1. The number of para-hydroxylation sites is 1. The van der Waals surface area contributed by atoms with Gasteiger partial charge in [-0.2, -0.15) is 4.99 Å². The van der Waals surface area contributed by atoms with Gasteiger partial charge in [0.2, 0.25) is 0 Å². The maximum absolute atomic E-state index is 12.5. The molecule has 0 spiro atoms. The fraction of sp³-hybridized carbons (Fsp3) is 0.167. The number of amides is 1. The van der Waals surface area contributed by atoms with Gasteiger partial charge in [-0.05, 0) is 36.8 Å². The van der Waals surface area contributed by atoms with Crippen molar-refractivity contribution >= 4 is 39.1 Å². The van der Waals surface area contributed by atoms with Crippen LogP contribution in [0.2, 0.25) is 0 Å². The van der Waals surface area contributed by atoms with Crippen LogP contribution in [0.4, 0.5) is 5.69 Å². The van der Waals surface area contributed by atoms with Crippen molar-refractivity contribution in [2.75, 3.05) is 5.73 Å². The summed E-state index contributed by atoms with van der Waals surface area (Å²) in [5, 5.41) is 9.56. The Labute approximate surface area is 147 Å². The summed E-state index contributed by atoms with van der Waals surface area (Å²) in [4.78, 5) is 28.7. The summed E-state index contributed by atoms with van der Waals surface area (Å²) in [7, 11) is 0. The van der Waals surface area contributed by atoms with Gasteiger partial charge in [0.1, 0.15) is 6.04 Å². The van der Waals surface area contributed by atoms with Gasteiger partial charge < -0.3 is 15.4 Å². The summed E-state index contributed by atoms with van der Waals surface area (Å²) in [6.45, 7) is 1.79. The Morgan fingerprint density at radius 2 is 2.00 bits per heavy atom. The zero-order valence-electron chi connectivity index (χ0n) is 13.5. The number of carboxylic acid groups (broad SMARTS) is 1. The molecule has 0 saturated heterocycles. The van der Waals surface area contributed by atoms with Crippen LogP contribution < -0.4 is 10.5 Å². The van der Waals surface area contributed by atoms with Crippen LogP contribution in [0.25, 0.3) is 10.2 Å². The molecule has 0 aliphatic heterocycles. The summed E-state index contributed by atoms with van der Waals surface area (Å²) >= 11 is 1.29. The molecule has 1 aromatic heterocycles. The highest BCUT2D eigenvalue weighted by Gasteiger charge is 2.21. The number of aliphatic carboxylic acids is 1. The molecule has 128 valence electrons. The second-order valence-corrected chi connectivity index (χ2v) is 6.54. The summed E-state index contributed by atoms with van der Waals surface area (Å²) < 4.78 is 2.49. The second-order valence-electron chi connectivity index (χ2n) is 5.53. The number of thiazole rings is 1. The molecule has 0 aliphatic rings. The molecule has 0 saturated carbocycles. The summed E-state index contributed by atoms with van der Waals surface area (Å²) in [6.07, 6.45) is 0.385. The van der Waals surface area contributed by atoms with E-state index in [0.29, 0.717) is 22.5 Å². The minimum absolute atomic E-state index is 0.364. The predicted molar refractivity (Wildman–Crippen MR) is 97.5 cm³/mol. The molecule has 3 rings (SSSR count). The molecule has 3 aromatic rings. The molecule has 1 unspecified atom stereocenters. The van der Waals surface area contributed by atoms with Gasteiger partial charge in [0.05, 0.1) is 10.2 Å². The van der Waals surface area contributed by atoms with Gasteiger partial charge in [-0.25, -0.2) is 4.79 Å². The fourth-order valence-corrected chi connectivity index (χ4v) is 3.73. The van der Waals surface area contributed by atoms with E-state index in [0.717, 1.165) is 10.2 Å². The number of hydrogen-bond donors (Lipinski definition) is 2. The SMILES string of the molecule is CCC(C(=O)O)n1c(=NC(=O)c2cccc(N)c2)sc2ccccc21. The molecule has 3 N–H and O–H groups in total. The average Bonchev–Trinajstić information content (AvgIpc) is 2.93. The van der Waals surface area contributed by atoms with E-state index in [1.807, 2.05) is 24.3 Å². The zero-order valence-corrected chi connectivity index (χ0v) is 14.4. The van der Waals surface area contributed by atoms with Gasteiger partial charge in [-0.1, -0.05) is 36.5 Å². The first-order chi connectivity index (χ1) is 12.0. The number of carbonyl (C=O) groups is 2. The summed E-state index contributed by atoms with van der Waals surface area (Å²) in [5.41, 5.74) is 7.31. The normalized spacial score (nSPS) is 13.1. The van der Waals surface area contributed by atoms with Crippen molar-refractivity contribution in [1.29, 1.82) is 0 Å². The molecule has 25 heavy (non-hydrogen) atoms. The lowest BCUT2D eigenvalue weighted by Crippen LogP contribution is -2.27. The van der Waals surface area contributed by atoms with Crippen LogP contribution in [0.5, 0.6) is 0 Å². The largest absolute Gasteiger partial charge is 0.480 e. The van der Waals surface area contributed by atoms with Crippen LogP contribution >= 0.6 is 11.3 Å². The van der Waals surface area contributed by atoms with Crippen LogP contribution in [-0.4, -0.2) is 21.6 Å². The maximum Gasteiger partial charge on any atom is 0.326 e. The lowest BCUT2D eigenvalue weighted by atomic mass is 10.2. The molecular weight excluding hydrogens is 338 g/mol. The Morgan fingerprint density at radius 3 is 2.68 bits per heavy atom. The van der Waals surface area contributed by atoms with E-state index in [9.17, 15) is 14.7 Å². The molecule has 0 fully saturated rings. The van der Waals surface area contributed by atoms with Crippen LogP contribution in [0.15, 0.2) is 53.5 Å². The number of nitrogen functional groups attached to an aromatic ring is 1. The van der Waals surface area contributed by atoms with Crippen molar-refractivity contribution in [2.45, 2.75) is 19.4 Å². The number of anilines is 1. The monoisotopic (exact) mass is 355 g/mol. The van der Waals surface area contributed by atoms with Gasteiger partial charge >= 0.3 is 5.97 Å². The number of aromatic nitrogens is 1. The average molecular weight is 355 g/mol. The summed E-state index contributed by atoms with van der Waals surface area (Å²) in [5.74, 6) is -1.41. The van der Waals surface area contributed by atoms with Crippen LogP contribution in [0, 0.1) is 0 Å². The maximum atomic E-state index is 12.5. The van der Waals surface area contributed by atoms with E-state index >= 15 is 0 Å². The molecule has 0 bridgehead atoms. The van der Waals surface area contributed by atoms with E-state index < -0.39 is 17.9 Å². The fourth-order valence-electron chi connectivity index (χ4n) is 2.66. The van der Waals surface area contributed by atoms with Crippen molar-refractivity contribution in [2.24, 2.45) is 4.99 Å². The second kappa shape index (κ2) is 6.90. The van der Waals surface area contributed by atoms with Gasteiger partial charge in [0.25, 0.3) is 5.91 Å². The lowest BCUT2D eigenvalue weighted by molar-refractivity contribution is -0.140. The van der Waals surface area contributed by atoms with E-state index in [2.05, 4.69) is 4.99 Å². The highest BCUT2D eigenvalue weighted by Crippen LogP contribution is 2.22. The van der Waals surface area contributed by atoms with E-state index in [1.54, 1.807) is 35.8 Å². The Bertz CT molecular complexity index is 1020. The third-order valence-electron chi connectivity index (χ3n) is 3.85. The van der Waals surface area contributed by atoms with Crippen LogP contribution in [-0.2, 0) is 4.79 Å². The number of fused-ring (bicyclic) bond motifs is 1. The molecule has 6 nitrogen and oxygen atoms in total. The van der Waals surface area contributed by atoms with Crippen LogP contribution in [0.3, 0.4) is 0 Å². The van der Waals surface area contributed by atoms with Crippen molar-refractivity contribution in [3.05, 3.63) is 58.9 Å². The zero-order chi connectivity index (χ0) is 18.0. The van der Waals surface area contributed by atoms with Gasteiger partial charge in [0.15, 0.2) is 4.80 Å². The Kier molecular flexibility index (Phi) is 4.67. The molecular formula is C18H17N3O3S. The van der Waals surface area contributed by atoms with E-state index in [4.69, 9.17) is 5.73 Å². The molecule has 7 heteroatoms. The third-order valence-corrected chi connectivity index (χ3v) is 4.88. The number of rotatable bonds is 4. The Morgan fingerprint density at radius 1 is 1.24 bits per heavy atom. The van der Waals surface area contributed by atoms with Gasteiger partial charge in [-0.3, -0.25) is 4.79 Å². The van der Waals surface area contributed by atoms with Gasteiger partial charge in [-0.15, -0.1) is 0 Å². The first-order valence-corrected chi connectivity index (χ1v) is 8.60. The lowest BCUT2D eigenvalue weighted by Gasteiger charge is -2.13. The number of carboxylic acids is 1. The highest BCUT2D eigenvalue weighted by molar-refractivity contribution is 7.16. The minimum atomic E-state index is -0.955. The van der Waals surface area contributed by atoms with Crippen LogP contribution in [0.1, 0.15) is 29.7 Å². The standard InChI is InChI=1S/C18H17N3O3S/c1-2-13(17(23)24)21-14-8-3-4-9-15(14)25-18(21)20-16(22)11-6-5-7-12(19)10-11/h3-10,13H,2,19H2,1H3,(H,23,24). The minimum Gasteiger partial charge on any atom is -0.480 e. The smallest absolute Gasteiger partial charge is 0.326 e. The Balaban J connectivity index is 2.21. The number of hydrogen-bond acceptors (Lipinski definition) is 4. The first-order valence-electron chi connectivity index (χ1n) is 7.78. The molecule has 1 atom stereocenters. The van der Waals surface area contributed by atoms with Crippen molar-refractivity contribution in [1.82, 2.24) is 4.57 Å². The quantitative estimate of drug-likeness (QED) is 0.703.